The second-order valence-corrected chi connectivity index (χ2v) is 15.3. The summed E-state index contributed by atoms with van der Waals surface area (Å²) in [6, 6.07) is 29.8. The van der Waals surface area contributed by atoms with Gasteiger partial charge in [0.15, 0.2) is 0 Å². The van der Waals surface area contributed by atoms with Crippen molar-refractivity contribution < 1.29 is 4.79 Å². The molecule has 1 aliphatic carbocycles. The Kier molecular flexibility index (Phi) is 10.5. The molecule has 1 saturated heterocycles. The molecule has 0 radical (unpaired) electrons. The summed E-state index contributed by atoms with van der Waals surface area (Å²) in [6.07, 6.45) is 8.34. The van der Waals surface area contributed by atoms with Crippen molar-refractivity contribution in [3.05, 3.63) is 129 Å². The number of nitrogens with one attached hydrogen (secondary N) is 2. The van der Waals surface area contributed by atoms with Crippen molar-refractivity contribution in [2.75, 3.05) is 36.4 Å². The highest BCUT2D eigenvalue weighted by Crippen LogP contribution is 2.42. The Morgan fingerprint density at radius 3 is 2.39 bits per heavy atom. The van der Waals surface area contributed by atoms with Crippen LogP contribution < -0.4 is 10.2 Å². The average Bonchev–Trinajstić information content (AvgIpc) is 3.80. The topological polar surface area (TPSA) is 98.6 Å². The highest BCUT2D eigenvalue weighted by atomic mass is 35.5. The van der Waals surface area contributed by atoms with E-state index in [1.807, 2.05) is 97.3 Å². The van der Waals surface area contributed by atoms with E-state index >= 15 is 0 Å². The molecular weight excluding hydrogens is 717 g/mol. The van der Waals surface area contributed by atoms with Gasteiger partial charge < -0.3 is 19.8 Å². The number of hydrogen-bond acceptors (Lipinski definition) is 6. The van der Waals surface area contributed by atoms with Crippen molar-refractivity contribution in [3.63, 3.8) is 0 Å². The number of carbonyl (C=O) groups excluding carboxylic acids is 1. The Morgan fingerprint density at radius 1 is 0.907 bits per heavy atom. The van der Waals surface area contributed by atoms with Crippen LogP contribution in [0.25, 0.3) is 33.4 Å². The first-order valence-electron chi connectivity index (χ1n) is 18.8. The molecule has 1 amide bonds. The number of piperazine rings is 1. The van der Waals surface area contributed by atoms with Gasteiger partial charge in [-0.25, -0.2) is 4.98 Å². The van der Waals surface area contributed by atoms with E-state index < -0.39 is 0 Å². The number of H-pyrrole nitrogens is 1. The molecule has 1 saturated carbocycles. The fourth-order valence-corrected chi connectivity index (χ4v) is 8.59. The third kappa shape index (κ3) is 7.28. The molecule has 2 fully saturated rings. The molecule has 2 N–H and O–H groups in total. The van der Waals surface area contributed by atoms with E-state index in [1.165, 1.54) is 32.1 Å². The molecule has 54 heavy (non-hydrogen) atoms. The van der Waals surface area contributed by atoms with Crippen molar-refractivity contribution >= 4 is 51.4 Å². The number of benzene rings is 4. The summed E-state index contributed by atoms with van der Waals surface area (Å²) in [7, 11) is 0. The maximum atomic E-state index is 14.9. The molecule has 9 nitrogen and oxygen atoms in total. The lowest BCUT2D eigenvalue weighted by Crippen LogP contribution is -2.51. The van der Waals surface area contributed by atoms with Gasteiger partial charge in [0.2, 0.25) is 0 Å². The molecule has 2 aromatic heterocycles. The molecular formula is C43H43Cl2N7O2. The van der Waals surface area contributed by atoms with Gasteiger partial charge in [0.1, 0.15) is 12.2 Å². The maximum Gasteiger partial charge on any atom is 0.272 e. The molecule has 6 aromatic rings. The SMILES string of the molecule is CC(c1ccc(Cl)cc1)n1cnc(-c2ccccc2)c1-c1c(C(=O)Nc2cc(CN=O)ccc2N2CCN(C3CCCCC3)CC2)[nH]c2cc(Cl)ccc12. The summed E-state index contributed by atoms with van der Waals surface area (Å²) in [5, 5.41) is 8.47. The Bertz CT molecular complexity index is 2270. The summed E-state index contributed by atoms with van der Waals surface area (Å²) >= 11 is 12.8. The number of carbonyl (C=O) groups is 1. The Hall–Kier alpha value is -4.96. The normalized spacial score (nSPS) is 16.1. The van der Waals surface area contributed by atoms with Crippen molar-refractivity contribution in [3.8, 4) is 22.5 Å². The molecule has 276 valence electrons. The quantitative estimate of drug-likeness (QED) is 0.136. The number of aromatic nitrogens is 3. The Morgan fingerprint density at radius 2 is 1.65 bits per heavy atom. The summed E-state index contributed by atoms with van der Waals surface area (Å²) in [5.74, 6) is -0.318. The number of fused-ring (bicyclic) bond motifs is 1. The number of rotatable bonds is 10. The number of aromatic amines is 1. The van der Waals surface area contributed by atoms with Crippen LogP contribution in [-0.2, 0) is 6.54 Å². The molecule has 0 bridgehead atoms. The third-order valence-corrected chi connectivity index (χ3v) is 11.6. The van der Waals surface area contributed by atoms with Crippen LogP contribution in [0, 0.1) is 4.91 Å². The smallest absolute Gasteiger partial charge is 0.272 e. The van der Waals surface area contributed by atoms with Crippen LogP contribution >= 0.6 is 23.2 Å². The summed E-state index contributed by atoms with van der Waals surface area (Å²) in [6.45, 7) is 5.77. The van der Waals surface area contributed by atoms with E-state index in [9.17, 15) is 9.70 Å². The van der Waals surface area contributed by atoms with Gasteiger partial charge in [0, 0.05) is 64.3 Å². The minimum Gasteiger partial charge on any atom is -0.367 e. The predicted molar refractivity (Wildman–Crippen MR) is 220 cm³/mol. The van der Waals surface area contributed by atoms with Crippen LogP contribution in [0.3, 0.4) is 0 Å². The minimum absolute atomic E-state index is 0.0109. The number of nitroso groups, excluding NO2 is 1. The molecule has 11 heteroatoms. The standard InChI is InChI=1S/C43H43Cl2N7O2/c1-28(30-13-15-32(44)16-14-30)52-27-46-40(31-8-4-2-5-9-31)42(52)39-35-18-17-33(45)25-36(35)48-41(39)43(53)49-37-24-29(26-47-54)12-19-38(37)51-22-20-50(21-23-51)34-10-6-3-7-11-34/h2,4-5,8-9,12-19,24-25,27-28,34,48H,3,6-7,10-11,20-23,26H2,1H3,(H,49,53). The van der Waals surface area contributed by atoms with Crippen LogP contribution in [0.5, 0.6) is 0 Å². The van der Waals surface area contributed by atoms with Crippen LogP contribution in [0.4, 0.5) is 11.4 Å². The van der Waals surface area contributed by atoms with Crippen molar-refractivity contribution in [1.82, 2.24) is 19.4 Å². The number of nitrogens with zero attached hydrogens (tertiary/aromatic N) is 5. The zero-order valence-electron chi connectivity index (χ0n) is 30.3. The first-order chi connectivity index (χ1) is 26.4. The number of amides is 1. The van der Waals surface area contributed by atoms with E-state index in [2.05, 4.69) is 36.8 Å². The molecule has 8 rings (SSSR count). The van der Waals surface area contributed by atoms with Gasteiger partial charge in [0.05, 0.1) is 35.1 Å². The number of hydrogen-bond donors (Lipinski definition) is 2. The summed E-state index contributed by atoms with van der Waals surface area (Å²) in [5.41, 5.74) is 7.62. The maximum absolute atomic E-state index is 14.9. The molecule has 3 heterocycles. The van der Waals surface area contributed by atoms with Crippen LogP contribution in [-0.4, -0.2) is 57.6 Å². The molecule has 4 aromatic carbocycles. The van der Waals surface area contributed by atoms with Gasteiger partial charge in [-0.1, -0.05) is 102 Å². The second-order valence-electron chi connectivity index (χ2n) is 14.4. The zero-order valence-corrected chi connectivity index (χ0v) is 31.8. The fourth-order valence-electron chi connectivity index (χ4n) is 8.29. The van der Waals surface area contributed by atoms with Gasteiger partial charge in [0.25, 0.3) is 5.91 Å². The molecule has 1 atom stereocenters. The first-order valence-corrected chi connectivity index (χ1v) is 19.5. The van der Waals surface area contributed by atoms with E-state index in [1.54, 1.807) is 0 Å². The van der Waals surface area contributed by atoms with Gasteiger partial charge in [-0.2, -0.15) is 4.91 Å². The number of imidazole rings is 1. The summed E-state index contributed by atoms with van der Waals surface area (Å²) < 4.78 is 2.12. The zero-order chi connectivity index (χ0) is 37.2. The number of halogens is 2. The van der Waals surface area contributed by atoms with Crippen LogP contribution in [0.2, 0.25) is 10.0 Å². The predicted octanol–water partition coefficient (Wildman–Crippen LogP) is 10.6. The molecule has 1 aliphatic heterocycles. The lowest BCUT2D eigenvalue weighted by molar-refractivity contribution is 0.102. The van der Waals surface area contributed by atoms with Crippen molar-refractivity contribution in [2.45, 2.75) is 57.7 Å². The van der Waals surface area contributed by atoms with Gasteiger partial charge in [-0.05, 0) is 67.3 Å². The second kappa shape index (κ2) is 15.8. The molecule has 2 aliphatic rings. The van der Waals surface area contributed by atoms with E-state index in [0.717, 1.165) is 70.8 Å². The molecule has 0 spiro atoms. The molecule has 1 unspecified atom stereocenters. The average molecular weight is 761 g/mol. The highest BCUT2D eigenvalue weighted by molar-refractivity contribution is 6.31. The van der Waals surface area contributed by atoms with E-state index in [0.29, 0.717) is 33.0 Å². The van der Waals surface area contributed by atoms with Crippen molar-refractivity contribution in [2.24, 2.45) is 5.18 Å². The monoisotopic (exact) mass is 759 g/mol. The lowest BCUT2D eigenvalue weighted by Gasteiger charge is -2.42. The third-order valence-electron chi connectivity index (χ3n) is 11.1. The van der Waals surface area contributed by atoms with E-state index in [4.69, 9.17) is 28.2 Å². The summed E-state index contributed by atoms with van der Waals surface area (Å²) in [4.78, 5) is 39.6. The lowest BCUT2D eigenvalue weighted by atomic mass is 9.94. The largest absolute Gasteiger partial charge is 0.367 e. The van der Waals surface area contributed by atoms with Gasteiger partial charge >= 0.3 is 0 Å². The Balaban J connectivity index is 1.21. The minimum atomic E-state index is -0.318. The van der Waals surface area contributed by atoms with Crippen molar-refractivity contribution in [1.29, 1.82) is 0 Å². The first kappa shape index (κ1) is 36.0. The Labute approximate surface area is 325 Å². The van der Waals surface area contributed by atoms with Gasteiger partial charge in [-0.3, -0.25) is 9.69 Å². The van der Waals surface area contributed by atoms with Crippen LogP contribution in [0.15, 0.2) is 102 Å². The fraction of sp³-hybridized carbons (Fsp3) is 0.302. The highest BCUT2D eigenvalue weighted by Gasteiger charge is 2.30. The number of anilines is 2. The van der Waals surface area contributed by atoms with Crippen LogP contribution in [0.1, 0.15) is 66.7 Å². The van der Waals surface area contributed by atoms with Gasteiger partial charge in [-0.15, -0.1) is 0 Å². The van der Waals surface area contributed by atoms with E-state index in [-0.39, 0.29) is 18.5 Å².